The van der Waals surface area contributed by atoms with Crippen molar-refractivity contribution in [3.05, 3.63) is 77.0 Å². The number of nitro groups is 1. The Morgan fingerprint density at radius 3 is 2.26 bits per heavy atom. The highest BCUT2D eigenvalue weighted by Gasteiger charge is 2.08. The minimum Gasteiger partial charge on any atom is -0.258 e. The molecule has 0 N–H and O–H groups in total. The van der Waals surface area contributed by atoms with E-state index in [0.717, 1.165) is 33.1 Å². The lowest BCUT2D eigenvalue weighted by molar-refractivity contribution is -0.384. The van der Waals surface area contributed by atoms with E-state index in [0.29, 0.717) is 0 Å². The number of hydrogen-bond acceptors (Lipinski definition) is 4. The van der Waals surface area contributed by atoms with Crippen LogP contribution < -0.4 is 0 Å². The summed E-state index contributed by atoms with van der Waals surface area (Å²) < 4.78 is 0. The largest absolute Gasteiger partial charge is 0.269 e. The molecule has 23 heavy (non-hydrogen) atoms. The molecule has 0 unspecified atom stereocenters. The van der Waals surface area contributed by atoms with Gasteiger partial charge in [-0.2, -0.15) is 0 Å². The van der Waals surface area contributed by atoms with E-state index in [4.69, 9.17) is 4.98 Å². The fraction of sp³-hybridized carbons (Fsp3) is 0. The van der Waals surface area contributed by atoms with Gasteiger partial charge in [0, 0.05) is 34.7 Å². The summed E-state index contributed by atoms with van der Waals surface area (Å²) in [5.74, 6) is 0. The molecule has 0 saturated heterocycles. The van der Waals surface area contributed by atoms with Gasteiger partial charge in [-0.3, -0.25) is 15.1 Å². The van der Waals surface area contributed by atoms with Crippen LogP contribution in [0.4, 0.5) is 5.69 Å². The second-order valence-electron chi connectivity index (χ2n) is 5.21. The van der Waals surface area contributed by atoms with Crippen molar-refractivity contribution >= 4 is 27.5 Å². The summed E-state index contributed by atoms with van der Waals surface area (Å²) in [6, 6.07) is 18.3. The highest BCUT2D eigenvalue weighted by Crippen LogP contribution is 2.26. The Morgan fingerprint density at radius 2 is 1.52 bits per heavy atom. The fourth-order valence-electron chi connectivity index (χ4n) is 2.64. The molecule has 0 fully saturated rings. The van der Waals surface area contributed by atoms with Crippen LogP contribution in [0.2, 0.25) is 0 Å². The molecule has 5 heteroatoms. The number of nitrogens with zero attached hydrogens (tertiary/aromatic N) is 3. The van der Waals surface area contributed by atoms with E-state index in [9.17, 15) is 10.1 Å². The summed E-state index contributed by atoms with van der Waals surface area (Å²) in [6.45, 7) is 0. The molecule has 2 aromatic carbocycles. The fourth-order valence-corrected chi connectivity index (χ4v) is 2.64. The maximum absolute atomic E-state index is 10.8. The van der Waals surface area contributed by atoms with E-state index in [1.165, 1.54) is 12.1 Å². The predicted molar refractivity (Wildman–Crippen MR) is 89.1 cm³/mol. The quantitative estimate of drug-likeness (QED) is 0.313. The molecule has 5 nitrogen and oxygen atoms in total. The smallest absolute Gasteiger partial charge is 0.258 e. The molecule has 0 bridgehead atoms. The number of aromatic nitrogens is 2. The van der Waals surface area contributed by atoms with Gasteiger partial charge in [0.05, 0.1) is 21.7 Å². The molecule has 110 valence electrons. The minimum absolute atomic E-state index is 0.0710. The van der Waals surface area contributed by atoms with Gasteiger partial charge in [-0.25, -0.2) is 4.98 Å². The topological polar surface area (TPSA) is 68.9 Å². The van der Waals surface area contributed by atoms with Crippen LogP contribution in [0.5, 0.6) is 0 Å². The molecule has 4 aromatic rings. The second-order valence-corrected chi connectivity index (χ2v) is 5.21. The third kappa shape index (κ3) is 2.28. The van der Waals surface area contributed by atoms with Gasteiger partial charge in [0.15, 0.2) is 0 Å². The van der Waals surface area contributed by atoms with Crippen molar-refractivity contribution in [2.75, 3.05) is 0 Å². The molecule has 0 atom stereocenters. The lowest BCUT2D eigenvalue weighted by Crippen LogP contribution is -1.90. The first-order valence-corrected chi connectivity index (χ1v) is 7.12. The van der Waals surface area contributed by atoms with Gasteiger partial charge in [0.1, 0.15) is 0 Å². The molecule has 0 radical (unpaired) electrons. The molecule has 4 rings (SSSR count). The van der Waals surface area contributed by atoms with Gasteiger partial charge in [0.25, 0.3) is 5.69 Å². The van der Waals surface area contributed by atoms with E-state index in [-0.39, 0.29) is 5.69 Å². The molecule has 0 aliphatic heterocycles. The van der Waals surface area contributed by atoms with E-state index < -0.39 is 4.92 Å². The summed E-state index contributed by atoms with van der Waals surface area (Å²) in [7, 11) is 0. The number of fused-ring (bicyclic) bond motifs is 3. The van der Waals surface area contributed by atoms with E-state index >= 15 is 0 Å². The molecule has 0 saturated carbocycles. The zero-order valence-electron chi connectivity index (χ0n) is 12.0. The highest BCUT2D eigenvalue weighted by molar-refractivity contribution is 6.03. The Bertz CT molecular complexity index is 1040. The summed E-state index contributed by atoms with van der Waals surface area (Å²) in [5.41, 5.74) is 3.37. The summed E-state index contributed by atoms with van der Waals surface area (Å²) >= 11 is 0. The lowest BCUT2D eigenvalue weighted by atomic mass is 10.1. The number of benzene rings is 2. The van der Waals surface area contributed by atoms with Crippen molar-refractivity contribution in [1.29, 1.82) is 0 Å². The zero-order chi connectivity index (χ0) is 15.8. The number of nitro benzene ring substituents is 1. The average Bonchev–Trinajstić information content (AvgIpc) is 2.61. The number of hydrogen-bond donors (Lipinski definition) is 0. The number of non-ortho nitro benzene ring substituents is 1. The van der Waals surface area contributed by atoms with Gasteiger partial charge in [-0.1, -0.05) is 24.3 Å². The van der Waals surface area contributed by atoms with Crippen molar-refractivity contribution in [2.24, 2.45) is 0 Å². The van der Waals surface area contributed by atoms with Crippen molar-refractivity contribution in [3.63, 3.8) is 0 Å². The Labute approximate surface area is 131 Å². The first-order valence-electron chi connectivity index (χ1n) is 7.12. The van der Waals surface area contributed by atoms with Gasteiger partial charge in [-0.15, -0.1) is 0 Å². The van der Waals surface area contributed by atoms with Crippen LogP contribution in [-0.2, 0) is 0 Å². The highest BCUT2D eigenvalue weighted by atomic mass is 16.6. The number of rotatable bonds is 2. The SMILES string of the molecule is O=[N+]([O-])c1ccc(-c2ccc3ccc4cccnc4c3n2)cc1. The summed E-state index contributed by atoms with van der Waals surface area (Å²) in [4.78, 5) is 19.5. The zero-order valence-corrected chi connectivity index (χ0v) is 12.0. The molecular weight excluding hydrogens is 290 g/mol. The Morgan fingerprint density at radius 1 is 0.826 bits per heavy atom. The Kier molecular flexibility index (Phi) is 2.98. The maximum atomic E-state index is 10.8. The monoisotopic (exact) mass is 301 g/mol. The Balaban J connectivity index is 1.90. The molecule has 0 amide bonds. The first-order chi connectivity index (χ1) is 11.2. The molecular formula is C18H11N3O2. The van der Waals surface area contributed by atoms with Gasteiger partial charge in [0.2, 0.25) is 0 Å². The van der Waals surface area contributed by atoms with Gasteiger partial charge < -0.3 is 0 Å². The van der Waals surface area contributed by atoms with Crippen LogP contribution in [-0.4, -0.2) is 14.9 Å². The minimum atomic E-state index is -0.408. The molecule has 0 aliphatic carbocycles. The standard InChI is InChI=1S/C18H11N3O2/c22-21(23)15-8-5-12(6-9-15)16-10-7-14-4-3-13-2-1-11-19-17(13)18(14)20-16/h1-11H. The van der Waals surface area contributed by atoms with E-state index in [2.05, 4.69) is 4.98 Å². The van der Waals surface area contributed by atoms with Crippen LogP contribution in [0.25, 0.3) is 33.1 Å². The third-order valence-corrected chi connectivity index (χ3v) is 3.81. The van der Waals surface area contributed by atoms with E-state index in [1.54, 1.807) is 18.3 Å². The van der Waals surface area contributed by atoms with Crippen LogP contribution >= 0.6 is 0 Å². The van der Waals surface area contributed by atoms with Crippen molar-refractivity contribution in [3.8, 4) is 11.3 Å². The maximum Gasteiger partial charge on any atom is 0.269 e. The molecule has 0 spiro atoms. The average molecular weight is 301 g/mol. The number of pyridine rings is 2. The van der Waals surface area contributed by atoms with Gasteiger partial charge >= 0.3 is 0 Å². The second kappa shape index (κ2) is 5.14. The molecule has 0 aliphatic rings. The normalized spacial score (nSPS) is 11.0. The summed E-state index contributed by atoms with van der Waals surface area (Å²) in [6.07, 6.45) is 1.75. The molecule has 2 aromatic heterocycles. The lowest BCUT2D eigenvalue weighted by Gasteiger charge is -2.05. The third-order valence-electron chi connectivity index (χ3n) is 3.81. The van der Waals surface area contributed by atoms with Crippen molar-refractivity contribution < 1.29 is 4.92 Å². The van der Waals surface area contributed by atoms with Crippen molar-refractivity contribution in [2.45, 2.75) is 0 Å². The molecule has 2 heterocycles. The van der Waals surface area contributed by atoms with Crippen LogP contribution in [0.3, 0.4) is 0 Å². The van der Waals surface area contributed by atoms with E-state index in [1.807, 2.05) is 36.4 Å². The van der Waals surface area contributed by atoms with Crippen molar-refractivity contribution in [1.82, 2.24) is 9.97 Å². The van der Waals surface area contributed by atoms with Crippen LogP contribution in [0.15, 0.2) is 66.9 Å². The van der Waals surface area contributed by atoms with Gasteiger partial charge in [-0.05, 0) is 24.3 Å². The van der Waals surface area contributed by atoms with Crippen LogP contribution in [0.1, 0.15) is 0 Å². The van der Waals surface area contributed by atoms with Crippen LogP contribution in [0, 0.1) is 10.1 Å². The predicted octanol–water partition coefficient (Wildman–Crippen LogP) is 4.36. The first kappa shape index (κ1) is 13.3. The summed E-state index contributed by atoms with van der Waals surface area (Å²) in [5, 5.41) is 12.8. The Hall–Kier alpha value is -3.34.